The summed E-state index contributed by atoms with van der Waals surface area (Å²) in [5.74, 6) is -0.825. The number of hydrogen-bond acceptors (Lipinski definition) is 3. The summed E-state index contributed by atoms with van der Waals surface area (Å²) in [5, 5.41) is 3.22. The van der Waals surface area contributed by atoms with E-state index in [4.69, 9.17) is 0 Å². The molecule has 100 valence electrons. The number of nitrogens with one attached hydrogen (secondary N) is 1. The largest absolute Gasteiger partial charge is 0.303 e. The van der Waals surface area contributed by atoms with Gasteiger partial charge in [-0.1, -0.05) is 0 Å². The molecule has 0 fully saturated rings. The molecule has 1 N–H and O–H groups in total. The van der Waals surface area contributed by atoms with Crippen molar-refractivity contribution in [2.24, 2.45) is 0 Å². The summed E-state index contributed by atoms with van der Waals surface area (Å²) in [4.78, 5) is 7.76. The lowest BCUT2D eigenvalue weighted by atomic mass is 10.0. The highest BCUT2D eigenvalue weighted by Gasteiger charge is 2.19. The van der Waals surface area contributed by atoms with Crippen molar-refractivity contribution in [3.8, 4) is 0 Å². The smallest absolute Gasteiger partial charge is 0.146 e. The van der Waals surface area contributed by atoms with Crippen LogP contribution in [0.15, 0.2) is 36.8 Å². The predicted octanol–water partition coefficient (Wildman–Crippen LogP) is 2.84. The molecule has 2 aromatic heterocycles. The molecule has 1 unspecified atom stereocenters. The van der Waals surface area contributed by atoms with Crippen LogP contribution in [0.4, 0.5) is 8.78 Å². The summed E-state index contributed by atoms with van der Waals surface area (Å²) in [5.41, 5.74) is 1.02. The van der Waals surface area contributed by atoms with E-state index in [1.165, 1.54) is 12.3 Å². The summed E-state index contributed by atoms with van der Waals surface area (Å²) in [6.07, 6.45) is 3.81. The lowest BCUT2D eigenvalue weighted by molar-refractivity contribution is 0.492. The molecule has 5 heteroatoms. The molecule has 0 aliphatic carbocycles. The minimum absolute atomic E-state index is 0.129. The summed E-state index contributed by atoms with van der Waals surface area (Å²) in [6, 6.07) is 4.17. The van der Waals surface area contributed by atoms with Gasteiger partial charge in [0.25, 0.3) is 0 Å². The van der Waals surface area contributed by atoms with Crippen LogP contribution in [0, 0.1) is 11.6 Å². The Kier molecular flexibility index (Phi) is 4.16. The molecule has 0 amide bonds. The molecule has 0 bridgehead atoms. The van der Waals surface area contributed by atoms with Crippen LogP contribution in [-0.4, -0.2) is 16.0 Å². The Balaban J connectivity index is 2.41. The number of aromatic nitrogens is 2. The SMILES string of the molecule is CC(C)NC(c1ccc(F)cn1)c1ccncc1F. The fourth-order valence-corrected chi connectivity index (χ4v) is 1.85. The van der Waals surface area contributed by atoms with Gasteiger partial charge < -0.3 is 5.32 Å². The molecule has 0 saturated carbocycles. The highest BCUT2D eigenvalue weighted by molar-refractivity contribution is 5.27. The van der Waals surface area contributed by atoms with Gasteiger partial charge in [-0.2, -0.15) is 0 Å². The maximum Gasteiger partial charge on any atom is 0.146 e. The fraction of sp³-hybridized carbons (Fsp3) is 0.286. The Morgan fingerprint density at radius 2 is 1.89 bits per heavy atom. The zero-order valence-corrected chi connectivity index (χ0v) is 10.8. The normalized spacial score (nSPS) is 12.7. The van der Waals surface area contributed by atoms with Crippen LogP contribution in [-0.2, 0) is 0 Å². The van der Waals surface area contributed by atoms with E-state index in [1.54, 1.807) is 12.1 Å². The molecule has 2 rings (SSSR count). The standard InChI is InChI=1S/C14H15F2N3/c1-9(2)19-14(11-5-6-17-8-12(11)16)13-4-3-10(15)7-18-13/h3-9,14,19H,1-2H3. The van der Waals surface area contributed by atoms with Crippen molar-refractivity contribution in [3.63, 3.8) is 0 Å². The molecule has 19 heavy (non-hydrogen) atoms. The first-order chi connectivity index (χ1) is 9.08. The van der Waals surface area contributed by atoms with Crippen molar-refractivity contribution in [2.75, 3.05) is 0 Å². The minimum Gasteiger partial charge on any atom is -0.303 e. The second-order valence-corrected chi connectivity index (χ2v) is 4.55. The van der Waals surface area contributed by atoms with Crippen LogP contribution in [0.2, 0.25) is 0 Å². The number of pyridine rings is 2. The Morgan fingerprint density at radius 3 is 2.47 bits per heavy atom. The molecule has 2 heterocycles. The third-order valence-corrected chi connectivity index (χ3v) is 2.66. The summed E-state index contributed by atoms with van der Waals surface area (Å²) < 4.78 is 26.8. The van der Waals surface area contributed by atoms with E-state index in [0.717, 1.165) is 12.4 Å². The summed E-state index contributed by atoms with van der Waals surface area (Å²) in [7, 11) is 0. The van der Waals surface area contributed by atoms with Gasteiger partial charge in [0, 0.05) is 17.8 Å². The Morgan fingerprint density at radius 1 is 1.11 bits per heavy atom. The molecular weight excluding hydrogens is 248 g/mol. The molecule has 2 aromatic rings. The predicted molar refractivity (Wildman–Crippen MR) is 68.5 cm³/mol. The quantitative estimate of drug-likeness (QED) is 0.921. The average molecular weight is 263 g/mol. The van der Waals surface area contributed by atoms with Gasteiger partial charge in [-0.25, -0.2) is 8.78 Å². The number of rotatable bonds is 4. The van der Waals surface area contributed by atoms with Gasteiger partial charge in [0.05, 0.1) is 24.1 Å². The maximum absolute atomic E-state index is 13.9. The van der Waals surface area contributed by atoms with Gasteiger partial charge >= 0.3 is 0 Å². The van der Waals surface area contributed by atoms with Crippen molar-refractivity contribution >= 4 is 0 Å². The van der Waals surface area contributed by atoms with Crippen LogP contribution in [0.25, 0.3) is 0 Å². The number of nitrogens with zero attached hydrogens (tertiary/aromatic N) is 2. The zero-order chi connectivity index (χ0) is 13.8. The van der Waals surface area contributed by atoms with Crippen LogP contribution in [0.1, 0.15) is 31.1 Å². The first-order valence-corrected chi connectivity index (χ1v) is 6.05. The first-order valence-electron chi connectivity index (χ1n) is 6.05. The van der Waals surface area contributed by atoms with Gasteiger partial charge in [0.2, 0.25) is 0 Å². The highest BCUT2D eigenvalue weighted by atomic mass is 19.1. The summed E-state index contributed by atoms with van der Waals surface area (Å²) in [6.45, 7) is 3.91. The molecule has 1 atom stereocenters. The first kappa shape index (κ1) is 13.5. The highest BCUT2D eigenvalue weighted by Crippen LogP contribution is 2.23. The molecule has 0 spiro atoms. The molecule has 3 nitrogen and oxygen atoms in total. The molecule has 0 aromatic carbocycles. The third kappa shape index (κ3) is 3.32. The van der Waals surface area contributed by atoms with Gasteiger partial charge in [-0.3, -0.25) is 9.97 Å². The van der Waals surface area contributed by atoms with E-state index in [1.807, 2.05) is 13.8 Å². The van der Waals surface area contributed by atoms with Crippen molar-refractivity contribution in [1.29, 1.82) is 0 Å². The van der Waals surface area contributed by atoms with Crippen LogP contribution < -0.4 is 5.32 Å². The van der Waals surface area contributed by atoms with Crippen molar-refractivity contribution in [2.45, 2.75) is 25.9 Å². The second kappa shape index (κ2) is 5.84. The van der Waals surface area contributed by atoms with Crippen LogP contribution in [0.3, 0.4) is 0 Å². The average Bonchev–Trinajstić information content (AvgIpc) is 2.38. The lowest BCUT2D eigenvalue weighted by Crippen LogP contribution is -2.30. The van der Waals surface area contributed by atoms with E-state index in [0.29, 0.717) is 11.3 Å². The Hall–Kier alpha value is -1.88. The van der Waals surface area contributed by atoms with E-state index in [2.05, 4.69) is 15.3 Å². The minimum atomic E-state index is -0.427. The summed E-state index contributed by atoms with van der Waals surface area (Å²) >= 11 is 0. The molecular formula is C14H15F2N3. The van der Waals surface area contributed by atoms with E-state index in [-0.39, 0.29) is 6.04 Å². The van der Waals surface area contributed by atoms with Gasteiger partial charge in [-0.15, -0.1) is 0 Å². The number of halogens is 2. The van der Waals surface area contributed by atoms with Crippen LogP contribution >= 0.6 is 0 Å². The fourth-order valence-electron chi connectivity index (χ4n) is 1.85. The third-order valence-electron chi connectivity index (χ3n) is 2.66. The Bertz CT molecular complexity index is 541. The van der Waals surface area contributed by atoms with Crippen molar-refractivity contribution < 1.29 is 8.78 Å². The molecule has 0 saturated heterocycles. The number of hydrogen-bond donors (Lipinski definition) is 1. The van der Waals surface area contributed by atoms with E-state index in [9.17, 15) is 8.78 Å². The van der Waals surface area contributed by atoms with E-state index < -0.39 is 17.7 Å². The Labute approximate surface area is 110 Å². The van der Waals surface area contributed by atoms with Gasteiger partial charge in [0.15, 0.2) is 0 Å². The van der Waals surface area contributed by atoms with E-state index >= 15 is 0 Å². The maximum atomic E-state index is 13.9. The molecule has 0 radical (unpaired) electrons. The lowest BCUT2D eigenvalue weighted by Gasteiger charge is -2.21. The van der Waals surface area contributed by atoms with Gasteiger partial charge in [0.1, 0.15) is 11.6 Å². The monoisotopic (exact) mass is 263 g/mol. The molecule has 0 aliphatic heterocycles. The second-order valence-electron chi connectivity index (χ2n) is 4.55. The van der Waals surface area contributed by atoms with Crippen LogP contribution in [0.5, 0.6) is 0 Å². The van der Waals surface area contributed by atoms with Crippen molar-refractivity contribution in [1.82, 2.24) is 15.3 Å². The topological polar surface area (TPSA) is 37.8 Å². The van der Waals surface area contributed by atoms with Gasteiger partial charge in [-0.05, 0) is 32.0 Å². The van der Waals surface area contributed by atoms with Crippen molar-refractivity contribution in [3.05, 3.63) is 59.7 Å². The zero-order valence-electron chi connectivity index (χ0n) is 10.8. The molecule has 0 aliphatic rings.